The minimum absolute atomic E-state index is 0.0688. The number of ether oxygens (including phenoxy) is 2. The summed E-state index contributed by atoms with van der Waals surface area (Å²) in [6.07, 6.45) is 1.96. The van der Waals surface area contributed by atoms with Crippen LogP contribution in [-0.4, -0.2) is 46.5 Å². The van der Waals surface area contributed by atoms with Gasteiger partial charge in [0.1, 0.15) is 0 Å². The van der Waals surface area contributed by atoms with Crippen LogP contribution >= 0.6 is 0 Å². The Morgan fingerprint density at radius 3 is 2.12 bits per heavy atom. The van der Waals surface area contributed by atoms with Gasteiger partial charge in [-0.3, -0.25) is 4.39 Å². The summed E-state index contributed by atoms with van der Waals surface area (Å²) in [7, 11) is 2.15. The van der Waals surface area contributed by atoms with E-state index in [1.54, 1.807) is 0 Å². The highest BCUT2D eigenvalue weighted by Gasteiger charge is 2.73. The Morgan fingerprint density at radius 2 is 1.47 bits per heavy atom. The highest BCUT2D eigenvalue weighted by atomic mass is 19.1. The summed E-state index contributed by atoms with van der Waals surface area (Å²) in [6, 6.07) is 43.9. The molecule has 2 bridgehead atoms. The number of hydrogen-bond acceptors (Lipinski definition) is 4. The SMILES string of the molecule is CN1CC[C@]23c4c5ccc(OC(c6ccccc6)(c6ccccc6)c6ccccc6)c4O[C@H]2c2c(c4ccccc4n2CCCF)C[C@@]3(O)[C@H]1C5. The Labute approximate surface area is 297 Å². The Balaban J connectivity index is 1.24. The molecule has 3 heterocycles. The van der Waals surface area contributed by atoms with Crippen LogP contribution in [0.5, 0.6) is 11.5 Å². The van der Waals surface area contributed by atoms with Crippen molar-refractivity contribution in [3.63, 3.8) is 0 Å². The maximum atomic E-state index is 13.9. The molecule has 1 spiro atoms. The lowest BCUT2D eigenvalue weighted by Gasteiger charge is -2.62. The van der Waals surface area contributed by atoms with Crippen LogP contribution in [0.2, 0.25) is 0 Å². The third-order valence-electron chi connectivity index (χ3n) is 12.6. The van der Waals surface area contributed by atoms with Gasteiger partial charge in [-0.25, -0.2) is 0 Å². The summed E-state index contributed by atoms with van der Waals surface area (Å²) < 4.78 is 31.1. The van der Waals surface area contributed by atoms with Crippen molar-refractivity contribution in [2.24, 2.45) is 0 Å². The number of alkyl halides is 1. The molecule has 51 heavy (non-hydrogen) atoms. The Bertz CT molecular complexity index is 2180. The van der Waals surface area contributed by atoms with Gasteiger partial charge in [-0.15, -0.1) is 0 Å². The van der Waals surface area contributed by atoms with Crippen molar-refractivity contribution in [2.75, 3.05) is 20.3 Å². The van der Waals surface area contributed by atoms with Crippen molar-refractivity contribution in [1.82, 2.24) is 9.47 Å². The number of likely N-dealkylation sites (N-methyl/N-ethyl adjacent to an activating group) is 1. The first kappa shape index (κ1) is 30.9. The molecule has 5 aromatic carbocycles. The average Bonchev–Trinajstić information content (AvgIpc) is 3.68. The van der Waals surface area contributed by atoms with E-state index in [9.17, 15) is 9.50 Å². The number of para-hydroxylation sites is 1. The summed E-state index contributed by atoms with van der Waals surface area (Å²) in [5, 5.41) is 14.5. The zero-order chi connectivity index (χ0) is 34.4. The van der Waals surface area contributed by atoms with Gasteiger partial charge >= 0.3 is 0 Å². The molecule has 0 amide bonds. The number of aromatic nitrogens is 1. The predicted octanol–water partition coefficient (Wildman–Crippen LogP) is 8.29. The van der Waals surface area contributed by atoms with Gasteiger partial charge in [0.2, 0.25) is 0 Å². The molecule has 0 unspecified atom stereocenters. The molecular weight excluding hydrogens is 636 g/mol. The molecule has 1 fully saturated rings. The lowest BCUT2D eigenvalue weighted by molar-refractivity contribution is -0.168. The molecule has 1 N–H and O–H groups in total. The van der Waals surface area contributed by atoms with Gasteiger partial charge in [0.15, 0.2) is 23.2 Å². The lowest BCUT2D eigenvalue weighted by Crippen LogP contribution is -2.74. The summed E-state index contributed by atoms with van der Waals surface area (Å²) in [4.78, 5) is 2.35. The van der Waals surface area contributed by atoms with E-state index in [2.05, 4.69) is 126 Å². The van der Waals surface area contributed by atoms with Crippen molar-refractivity contribution in [1.29, 1.82) is 0 Å². The van der Waals surface area contributed by atoms with E-state index in [1.807, 2.05) is 18.2 Å². The molecular formula is C45H41FN2O3. The highest BCUT2D eigenvalue weighted by molar-refractivity contribution is 5.87. The molecule has 4 aliphatic rings. The predicted molar refractivity (Wildman–Crippen MR) is 197 cm³/mol. The number of aliphatic hydroxyl groups is 1. The lowest BCUT2D eigenvalue weighted by atomic mass is 9.49. The van der Waals surface area contributed by atoms with Crippen molar-refractivity contribution >= 4 is 10.9 Å². The largest absolute Gasteiger partial charge is 0.479 e. The van der Waals surface area contributed by atoms with E-state index in [1.165, 1.54) is 5.56 Å². The van der Waals surface area contributed by atoms with Crippen LogP contribution in [0.1, 0.15) is 58.0 Å². The number of likely N-dealkylation sites (tertiary alicyclic amines) is 1. The van der Waals surface area contributed by atoms with E-state index >= 15 is 0 Å². The third kappa shape index (κ3) is 4.03. The second kappa shape index (κ2) is 11.3. The highest BCUT2D eigenvalue weighted by Crippen LogP contribution is 2.69. The van der Waals surface area contributed by atoms with E-state index in [4.69, 9.17) is 9.47 Å². The zero-order valence-electron chi connectivity index (χ0n) is 28.8. The van der Waals surface area contributed by atoms with Crippen LogP contribution < -0.4 is 9.47 Å². The van der Waals surface area contributed by atoms with Gasteiger partial charge in [-0.2, -0.15) is 0 Å². The Kier molecular flexibility index (Phi) is 6.84. The summed E-state index contributed by atoms with van der Waals surface area (Å²) >= 11 is 0. The number of piperidine rings is 1. The normalized spacial score (nSPS) is 24.5. The minimum atomic E-state index is -1.07. The average molecular weight is 677 g/mol. The van der Waals surface area contributed by atoms with Gasteiger partial charge in [0.05, 0.1) is 23.4 Å². The second-order valence-corrected chi connectivity index (χ2v) is 14.9. The Hall–Kier alpha value is -4.91. The number of halogens is 1. The molecule has 0 radical (unpaired) electrons. The Morgan fingerprint density at radius 1 is 0.843 bits per heavy atom. The first-order chi connectivity index (χ1) is 25.0. The van der Waals surface area contributed by atoms with E-state index in [0.717, 1.165) is 69.6 Å². The fourth-order valence-corrected chi connectivity index (χ4v) is 10.5. The van der Waals surface area contributed by atoms with Crippen LogP contribution in [0.25, 0.3) is 10.9 Å². The zero-order valence-corrected chi connectivity index (χ0v) is 28.8. The molecule has 5 nitrogen and oxygen atoms in total. The van der Waals surface area contributed by atoms with Crippen LogP contribution in [0.15, 0.2) is 127 Å². The summed E-state index contributed by atoms with van der Waals surface area (Å²) in [5.74, 6) is 1.38. The maximum absolute atomic E-state index is 13.9. The number of benzene rings is 5. The first-order valence-electron chi connectivity index (χ1n) is 18.3. The number of fused-ring (bicyclic) bond motifs is 4. The molecule has 4 atom stereocenters. The van der Waals surface area contributed by atoms with Gasteiger partial charge in [0.25, 0.3) is 0 Å². The fourth-order valence-electron chi connectivity index (χ4n) is 10.5. The standard InChI is InChI=1S/C45H41FN2O3/c1-47-27-24-43-39-30-22-23-37(51-45(31-14-5-2-6-15-31,32-16-7-3-8-17-32)33-18-9-4-10-19-33)41(39)50-42(43)40-35(29-44(43,49)38(47)28-30)34-20-11-12-21-36(34)48(40)26-13-25-46/h2-12,14-23,38,42,49H,13,24-29H2,1H3/t38-,42+,43+,44-/m1/s1. The van der Waals surface area contributed by atoms with Gasteiger partial charge in [-0.05, 0) is 56.1 Å². The smallest absolute Gasteiger partial charge is 0.184 e. The minimum Gasteiger partial charge on any atom is -0.479 e. The first-order valence-corrected chi connectivity index (χ1v) is 18.3. The second-order valence-electron chi connectivity index (χ2n) is 14.9. The van der Waals surface area contributed by atoms with E-state index < -0.39 is 29.4 Å². The van der Waals surface area contributed by atoms with E-state index in [0.29, 0.717) is 25.1 Å². The number of hydrogen-bond donors (Lipinski definition) is 1. The van der Waals surface area contributed by atoms with Crippen LogP contribution in [0.4, 0.5) is 4.39 Å². The molecule has 1 saturated heterocycles. The molecule has 0 saturated carbocycles. The van der Waals surface area contributed by atoms with Crippen LogP contribution in [-0.2, 0) is 30.4 Å². The monoisotopic (exact) mass is 676 g/mol. The molecule has 256 valence electrons. The topological polar surface area (TPSA) is 46.9 Å². The van der Waals surface area contributed by atoms with Gasteiger partial charge in [0, 0.05) is 52.2 Å². The third-order valence-corrected chi connectivity index (χ3v) is 12.6. The molecule has 10 rings (SSSR count). The van der Waals surface area contributed by atoms with Crippen LogP contribution in [0.3, 0.4) is 0 Å². The van der Waals surface area contributed by atoms with Crippen LogP contribution in [0, 0.1) is 0 Å². The molecule has 6 aromatic rings. The van der Waals surface area contributed by atoms with Crippen molar-refractivity contribution in [3.05, 3.63) is 166 Å². The maximum Gasteiger partial charge on any atom is 0.184 e. The van der Waals surface area contributed by atoms with Gasteiger partial charge < -0.3 is 24.0 Å². The summed E-state index contributed by atoms with van der Waals surface area (Å²) in [5.41, 5.74) is 5.84. The van der Waals surface area contributed by atoms with Crippen molar-refractivity contribution in [3.8, 4) is 11.5 Å². The number of rotatable bonds is 8. The number of nitrogens with zero attached hydrogens (tertiary/aromatic N) is 2. The molecule has 6 heteroatoms. The van der Waals surface area contributed by atoms with Gasteiger partial charge in [-0.1, -0.05) is 115 Å². The molecule has 2 aliphatic heterocycles. The van der Waals surface area contributed by atoms with Crippen molar-refractivity contribution in [2.45, 2.75) is 61.0 Å². The summed E-state index contributed by atoms with van der Waals surface area (Å²) in [6.45, 7) is 1.01. The quantitative estimate of drug-likeness (QED) is 0.165. The molecule has 1 aromatic heterocycles. The fraction of sp³-hybridized carbons (Fsp3) is 0.289. The number of aryl methyl sites for hydroxylation is 1. The molecule has 2 aliphatic carbocycles. The van der Waals surface area contributed by atoms with Crippen molar-refractivity contribution < 1.29 is 19.0 Å². The van der Waals surface area contributed by atoms with E-state index in [-0.39, 0.29) is 6.04 Å².